The minimum atomic E-state index is -0.203. The van der Waals surface area contributed by atoms with Gasteiger partial charge in [-0.3, -0.25) is 10.5 Å². The average Bonchev–Trinajstić information content (AvgIpc) is 3.22. The summed E-state index contributed by atoms with van der Waals surface area (Å²) in [7, 11) is 0. The van der Waals surface area contributed by atoms with E-state index in [2.05, 4.69) is 20.3 Å². The molecule has 7 heteroatoms. The van der Waals surface area contributed by atoms with Crippen molar-refractivity contribution in [3.63, 3.8) is 0 Å². The van der Waals surface area contributed by atoms with Crippen LogP contribution in [0.25, 0.3) is 0 Å². The van der Waals surface area contributed by atoms with Gasteiger partial charge in [0, 0.05) is 31.2 Å². The number of pyridine rings is 1. The lowest BCUT2D eigenvalue weighted by molar-refractivity contribution is -0.354. The SMILES string of the molecule is NC(=[NH+]c1cccc(Cn2ccnc2)c1)c1c(NC2CCCCC2)cc[nH]c1=O. The van der Waals surface area contributed by atoms with Crippen molar-refractivity contribution in [2.75, 3.05) is 5.32 Å². The monoisotopic (exact) mass is 391 g/mol. The van der Waals surface area contributed by atoms with Crippen LogP contribution in [0, 0.1) is 0 Å². The van der Waals surface area contributed by atoms with E-state index >= 15 is 0 Å². The zero-order chi connectivity index (χ0) is 20.1. The summed E-state index contributed by atoms with van der Waals surface area (Å²) in [6.45, 7) is 0.718. The van der Waals surface area contributed by atoms with Gasteiger partial charge in [-0.25, -0.2) is 9.98 Å². The molecule has 0 atom stereocenters. The molecule has 0 bridgehead atoms. The topological polar surface area (TPSA) is 103 Å². The summed E-state index contributed by atoms with van der Waals surface area (Å²) < 4.78 is 2.00. The molecule has 1 fully saturated rings. The van der Waals surface area contributed by atoms with E-state index in [4.69, 9.17) is 5.73 Å². The number of H-pyrrole nitrogens is 1. The average molecular weight is 391 g/mol. The van der Waals surface area contributed by atoms with Crippen molar-refractivity contribution in [2.24, 2.45) is 5.73 Å². The van der Waals surface area contributed by atoms with Crippen LogP contribution < -0.4 is 21.6 Å². The van der Waals surface area contributed by atoms with Gasteiger partial charge in [-0.05, 0) is 36.6 Å². The molecule has 3 aromatic rings. The highest BCUT2D eigenvalue weighted by atomic mass is 16.1. The summed E-state index contributed by atoms with van der Waals surface area (Å²) in [5.41, 5.74) is 9.34. The molecule has 2 aromatic heterocycles. The van der Waals surface area contributed by atoms with Crippen LogP contribution in [0.5, 0.6) is 0 Å². The largest absolute Gasteiger partial charge is 0.381 e. The van der Waals surface area contributed by atoms with Crippen molar-refractivity contribution in [1.29, 1.82) is 0 Å². The number of nitrogens with two attached hydrogens (primary N) is 1. The Hall–Kier alpha value is -3.35. The molecule has 4 rings (SSSR count). The Balaban J connectivity index is 1.59. The summed E-state index contributed by atoms with van der Waals surface area (Å²) in [6.07, 6.45) is 13.1. The van der Waals surface area contributed by atoms with Crippen molar-refractivity contribution >= 4 is 17.2 Å². The van der Waals surface area contributed by atoms with Gasteiger partial charge in [0.2, 0.25) is 0 Å². The predicted molar refractivity (Wildman–Crippen MR) is 114 cm³/mol. The molecule has 29 heavy (non-hydrogen) atoms. The van der Waals surface area contributed by atoms with Crippen LogP contribution in [-0.2, 0) is 6.54 Å². The first-order valence-electron chi connectivity index (χ1n) is 10.1. The van der Waals surface area contributed by atoms with E-state index in [1.165, 1.54) is 19.3 Å². The lowest BCUT2D eigenvalue weighted by Gasteiger charge is -2.24. The second-order valence-corrected chi connectivity index (χ2v) is 7.55. The van der Waals surface area contributed by atoms with E-state index < -0.39 is 0 Å². The number of anilines is 1. The maximum absolute atomic E-state index is 12.5. The van der Waals surface area contributed by atoms with Gasteiger partial charge in [0.05, 0.1) is 12.0 Å². The molecule has 1 saturated carbocycles. The third kappa shape index (κ3) is 4.74. The fraction of sp³-hybridized carbons (Fsp3) is 0.318. The first-order chi connectivity index (χ1) is 14.2. The maximum atomic E-state index is 12.5. The number of nitrogen functional groups attached to an aromatic ring is 1. The van der Waals surface area contributed by atoms with Gasteiger partial charge in [0.25, 0.3) is 11.4 Å². The predicted octanol–water partition coefficient (Wildman–Crippen LogP) is 1.48. The van der Waals surface area contributed by atoms with Crippen LogP contribution in [0.1, 0.15) is 43.2 Å². The lowest BCUT2D eigenvalue weighted by Crippen LogP contribution is -2.70. The Morgan fingerprint density at radius 3 is 2.93 bits per heavy atom. The number of aromatic nitrogens is 3. The molecular weight excluding hydrogens is 364 g/mol. The maximum Gasteiger partial charge on any atom is 0.285 e. The van der Waals surface area contributed by atoms with Crippen LogP contribution >= 0.6 is 0 Å². The summed E-state index contributed by atoms with van der Waals surface area (Å²) >= 11 is 0. The number of imidazole rings is 1. The van der Waals surface area contributed by atoms with Crippen molar-refractivity contribution < 1.29 is 4.99 Å². The minimum Gasteiger partial charge on any atom is -0.381 e. The van der Waals surface area contributed by atoms with Crippen molar-refractivity contribution in [3.8, 4) is 0 Å². The Kier molecular flexibility index (Phi) is 5.74. The second-order valence-electron chi connectivity index (χ2n) is 7.55. The molecule has 1 aliphatic rings. The number of aromatic amines is 1. The first kappa shape index (κ1) is 19.0. The normalized spacial score (nSPS) is 15.4. The Labute approximate surface area is 169 Å². The molecule has 5 N–H and O–H groups in total. The van der Waals surface area contributed by atoms with E-state index in [9.17, 15) is 4.79 Å². The van der Waals surface area contributed by atoms with Gasteiger partial charge in [0.1, 0.15) is 5.69 Å². The smallest absolute Gasteiger partial charge is 0.285 e. The molecule has 0 aliphatic heterocycles. The zero-order valence-corrected chi connectivity index (χ0v) is 16.4. The van der Waals surface area contributed by atoms with Gasteiger partial charge in [0.15, 0.2) is 5.56 Å². The minimum absolute atomic E-state index is 0.203. The third-order valence-corrected chi connectivity index (χ3v) is 5.33. The molecule has 7 nitrogen and oxygen atoms in total. The summed E-state index contributed by atoms with van der Waals surface area (Å²) in [5.74, 6) is 0.338. The van der Waals surface area contributed by atoms with Crippen LogP contribution in [0.2, 0.25) is 0 Å². The molecular formula is C22H27N6O+. The highest BCUT2D eigenvalue weighted by molar-refractivity contribution is 5.98. The van der Waals surface area contributed by atoms with Crippen LogP contribution in [0.3, 0.4) is 0 Å². The van der Waals surface area contributed by atoms with Crippen molar-refractivity contribution in [3.05, 3.63) is 76.7 Å². The van der Waals surface area contributed by atoms with Crippen LogP contribution in [0.15, 0.2) is 60.0 Å². The molecule has 0 amide bonds. The summed E-state index contributed by atoms with van der Waals surface area (Å²) in [6, 6.07) is 10.3. The Morgan fingerprint density at radius 1 is 1.28 bits per heavy atom. The van der Waals surface area contributed by atoms with E-state index in [0.29, 0.717) is 17.4 Å². The summed E-state index contributed by atoms with van der Waals surface area (Å²) in [4.78, 5) is 22.6. The highest BCUT2D eigenvalue weighted by Gasteiger charge is 2.20. The number of nitrogens with zero attached hydrogens (tertiary/aromatic N) is 2. The number of benzene rings is 1. The van der Waals surface area contributed by atoms with Gasteiger partial charge < -0.3 is 14.9 Å². The number of hydrogen-bond acceptors (Lipinski definition) is 3. The van der Waals surface area contributed by atoms with Gasteiger partial charge >= 0.3 is 0 Å². The van der Waals surface area contributed by atoms with Crippen molar-refractivity contribution in [2.45, 2.75) is 44.7 Å². The Bertz CT molecular complexity index is 1030. The molecule has 0 spiro atoms. The van der Waals surface area contributed by atoms with Gasteiger partial charge in [-0.2, -0.15) is 0 Å². The number of amidine groups is 1. The van der Waals surface area contributed by atoms with E-state index in [-0.39, 0.29) is 5.56 Å². The van der Waals surface area contributed by atoms with E-state index in [1.54, 1.807) is 18.7 Å². The Morgan fingerprint density at radius 2 is 2.14 bits per heavy atom. The fourth-order valence-corrected chi connectivity index (χ4v) is 3.89. The van der Waals surface area contributed by atoms with E-state index in [0.717, 1.165) is 36.3 Å². The first-order valence-corrected chi connectivity index (χ1v) is 10.1. The number of rotatable bonds is 6. The molecule has 1 aromatic carbocycles. The molecule has 0 saturated heterocycles. The molecule has 0 radical (unpaired) electrons. The quantitative estimate of drug-likeness (QED) is 0.378. The molecule has 1 aliphatic carbocycles. The third-order valence-electron chi connectivity index (χ3n) is 5.33. The standard InChI is InChI=1S/C22H26N6O/c23-21(27-18-8-4-5-16(13-18)14-28-12-11-24-15-28)20-19(9-10-25-22(20)29)26-17-6-2-1-3-7-17/h4-5,8-13,15,17H,1-3,6-7,14H2,(H2,23,27)(H2,25,26,29)/p+1. The zero-order valence-electron chi connectivity index (χ0n) is 16.4. The van der Waals surface area contributed by atoms with Crippen molar-refractivity contribution in [1.82, 2.24) is 14.5 Å². The highest BCUT2D eigenvalue weighted by Crippen LogP contribution is 2.22. The van der Waals surface area contributed by atoms with Gasteiger partial charge in [-0.1, -0.05) is 31.4 Å². The summed E-state index contributed by atoms with van der Waals surface area (Å²) in [5, 5.41) is 3.53. The molecule has 2 heterocycles. The lowest BCUT2D eigenvalue weighted by atomic mass is 9.95. The molecule has 150 valence electrons. The van der Waals surface area contributed by atoms with Crippen LogP contribution in [0.4, 0.5) is 11.4 Å². The second kappa shape index (κ2) is 8.77. The van der Waals surface area contributed by atoms with E-state index in [1.807, 2.05) is 41.1 Å². The van der Waals surface area contributed by atoms with Gasteiger partial charge in [-0.15, -0.1) is 0 Å². The number of hydrogen-bond donors (Lipinski definition) is 4. The molecule has 0 unspecified atom stereocenters. The van der Waals surface area contributed by atoms with Crippen LogP contribution in [-0.4, -0.2) is 26.4 Å². The number of nitrogens with one attached hydrogen (secondary N) is 3. The fourth-order valence-electron chi connectivity index (χ4n) is 3.89.